The van der Waals surface area contributed by atoms with Crippen molar-refractivity contribution in [2.24, 2.45) is 5.10 Å². The lowest BCUT2D eigenvalue weighted by atomic mass is 10.1. The summed E-state index contributed by atoms with van der Waals surface area (Å²) >= 11 is 0. The quantitative estimate of drug-likeness (QED) is 0.355. The SMILES string of the molecule is COc1ccc(CCNC(=O)c2c(N)n(/N=C\c3ccccn3)c3nc4ccccc4nc23)cc1. The van der Waals surface area contributed by atoms with Crippen molar-refractivity contribution in [3.05, 3.63) is 89.7 Å². The second-order valence-corrected chi connectivity index (χ2v) is 7.81. The number of pyridine rings is 1. The highest BCUT2D eigenvalue weighted by Crippen LogP contribution is 2.27. The molecular weight excluding hydrogens is 442 g/mol. The lowest BCUT2D eigenvalue weighted by Gasteiger charge is -2.06. The Morgan fingerprint density at radius 1 is 1.06 bits per heavy atom. The van der Waals surface area contributed by atoms with E-state index in [9.17, 15) is 4.79 Å². The van der Waals surface area contributed by atoms with E-state index in [4.69, 9.17) is 20.4 Å². The highest BCUT2D eigenvalue weighted by atomic mass is 16.5. The molecule has 9 heteroatoms. The van der Waals surface area contributed by atoms with Crippen LogP contribution < -0.4 is 15.8 Å². The first kappa shape index (κ1) is 22.0. The Balaban J connectivity index is 1.48. The number of amides is 1. The van der Waals surface area contributed by atoms with Gasteiger partial charge in [0.15, 0.2) is 5.65 Å². The Kier molecular flexibility index (Phi) is 6.04. The van der Waals surface area contributed by atoms with Gasteiger partial charge in [0.2, 0.25) is 0 Å². The summed E-state index contributed by atoms with van der Waals surface area (Å²) < 4.78 is 6.62. The van der Waals surface area contributed by atoms with Gasteiger partial charge < -0.3 is 15.8 Å². The summed E-state index contributed by atoms with van der Waals surface area (Å²) in [4.78, 5) is 26.9. The van der Waals surface area contributed by atoms with Gasteiger partial charge in [0, 0.05) is 12.7 Å². The molecule has 0 unspecified atom stereocenters. The smallest absolute Gasteiger partial charge is 0.257 e. The summed E-state index contributed by atoms with van der Waals surface area (Å²) in [6.45, 7) is 0.426. The number of hydrogen-bond acceptors (Lipinski definition) is 7. The average molecular weight is 466 g/mol. The van der Waals surface area contributed by atoms with Crippen molar-refractivity contribution in [1.29, 1.82) is 0 Å². The van der Waals surface area contributed by atoms with Gasteiger partial charge in [0.25, 0.3) is 5.91 Å². The van der Waals surface area contributed by atoms with Crippen molar-refractivity contribution in [3.8, 4) is 5.75 Å². The number of carbonyl (C=O) groups is 1. The minimum absolute atomic E-state index is 0.157. The van der Waals surface area contributed by atoms with Crippen molar-refractivity contribution >= 4 is 40.1 Å². The van der Waals surface area contributed by atoms with Gasteiger partial charge in [-0.25, -0.2) is 9.97 Å². The van der Waals surface area contributed by atoms with Crippen molar-refractivity contribution < 1.29 is 9.53 Å². The van der Waals surface area contributed by atoms with Crippen molar-refractivity contribution in [3.63, 3.8) is 0 Å². The Hall–Kier alpha value is -4.79. The number of methoxy groups -OCH3 is 1. The Bertz CT molecular complexity index is 1530. The first-order valence-corrected chi connectivity index (χ1v) is 11.1. The summed E-state index contributed by atoms with van der Waals surface area (Å²) in [5.74, 6) is 0.609. The average Bonchev–Trinajstić information content (AvgIpc) is 3.17. The number of nitrogen functional groups attached to an aromatic ring is 1. The van der Waals surface area contributed by atoms with Crippen LogP contribution in [0.5, 0.6) is 5.75 Å². The number of aromatic nitrogens is 4. The molecule has 0 saturated heterocycles. The summed E-state index contributed by atoms with van der Waals surface area (Å²) in [5.41, 5.74) is 10.5. The lowest BCUT2D eigenvalue weighted by molar-refractivity contribution is 0.0956. The molecule has 3 N–H and O–H groups in total. The lowest BCUT2D eigenvalue weighted by Crippen LogP contribution is -2.26. The molecule has 0 saturated carbocycles. The number of nitrogens with zero attached hydrogens (tertiary/aromatic N) is 5. The van der Waals surface area contributed by atoms with Crippen molar-refractivity contribution in [2.75, 3.05) is 19.4 Å². The zero-order valence-electron chi connectivity index (χ0n) is 19.0. The maximum Gasteiger partial charge on any atom is 0.257 e. The van der Waals surface area contributed by atoms with Gasteiger partial charge in [0.1, 0.15) is 22.6 Å². The number of carbonyl (C=O) groups excluding carboxylic acids is 1. The molecule has 9 nitrogen and oxygen atoms in total. The highest BCUT2D eigenvalue weighted by Gasteiger charge is 2.24. The fourth-order valence-electron chi connectivity index (χ4n) is 3.76. The zero-order chi connectivity index (χ0) is 24.2. The van der Waals surface area contributed by atoms with Crippen LogP contribution in [0.2, 0.25) is 0 Å². The maximum atomic E-state index is 13.2. The molecule has 0 bridgehead atoms. The van der Waals surface area contributed by atoms with Crippen LogP contribution in [0, 0.1) is 0 Å². The molecule has 5 aromatic rings. The van der Waals surface area contributed by atoms with Crippen molar-refractivity contribution in [2.45, 2.75) is 6.42 Å². The van der Waals surface area contributed by atoms with E-state index in [1.807, 2.05) is 66.7 Å². The standard InChI is InChI=1S/C26H23N7O2/c1-35-19-11-9-17(10-12-19)13-15-29-26(34)22-23-25(32-21-8-3-2-7-20(21)31-23)33(24(22)27)30-16-18-6-4-5-14-28-18/h2-12,14,16H,13,15,27H2,1H3,(H,29,34)/b30-16-. The number of para-hydroxylation sites is 2. The van der Waals surface area contributed by atoms with E-state index in [2.05, 4.69) is 15.4 Å². The van der Waals surface area contributed by atoms with Crippen LogP contribution >= 0.6 is 0 Å². The summed E-state index contributed by atoms with van der Waals surface area (Å²) in [6.07, 6.45) is 3.90. The van der Waals surface area contributed by atoms with Crippen LogP contribution in [0.3, 0.4) is 0 Å². The van der Waals surface area contributed by atoms with E-state index >= 15 is 0 Å². The molecule has 0 fully saturated rings. The predicted molar refractivity (Wildman–Crippen MR) is 136 cm³/mol. The Labute approximate surface area is 201 Å². The number of nitrogens with one attached hydrogen (secondary N) is 1. The molecule has 0 aliphatic carbocycles. The van der Waals surface area contributed by atoms with Crippen molar-refractivity contribution in [1.82, 2.24) is 24.9 Å². The molecule has 2 aromatic carbocycles. The first-order valence-electron chi connectivity index (χ1n) is 11.1. The summed E-state index contributed by atoms with van der Waals surface area (Å²) in [6, 6.07) is 20.7. The van der Waals surface area contributed by atoms with Gasteiger partial charge in [-0.1, -0.05) is 30.3 Å². The molecular formula is C26H23N7O2. The zero-order valence-corrected chi connectivity index (χ0v) is 19.0. The summed E-state index contributed by atoms with van der Waals surface area (Å²) in [7, 11) is 1.63. The number of anilines is 1. The van der Waals surface area contributed by atoms with E-state index in [0.29, 0.717) is 40.9 Å². The highest BCUT2D eigenvalue weighted by molar-refractivity contribution is 6.10. The van der Waals surface area contributed by atoms with E-state index < -0.39 is 0 Å². The molecule has 0 aliphatic rings. The Morgan fingerprint density at radius 2 is 1.80 bits per heavy atom. The fraction of sp³-hybridized carbons (Fsp3) is 0.115. The molecule has 3 heterocycles. The number of benzene rings is 2. The number of hydrogen-bond donors (Lipinski definition) is 2. The molecule has 174 valence electrons. The van der Waals surface area contributed by atoms with Gasteiger partial charge in [-0.15, -0.1) is 0 Å². The van der Waals surface area contributed by atoms with Crippen LogP contribution in [0.25, 0.3) is 22.2 Å². The van der Waals surface area contributed by atoms with Gasteiger partial charge in [0.05, 0.1) is 30.1 Å². The largest absolute Gasteiger partial charge is 0.497 e. The minimum atomic E-state index is -0.336. The predicted octanol–water partition coefficient (Wildman–Crippen LogP) is 3.43. The van der Waals surface area contributed by atoms with E-state index in [1.165, 1.54) is 4.68 Å². The topological polar surface area (TPSA) is 120 Å². The van der Waals surface area contributed by atoms with Crippen LogP contribution in [0.1, 0.15) is 21.6 Å². The second kappa shape index (κ2) is 9.60. The van der Waals surface area contributed by atoms with Gasteiger partial charge in [-0.05, 0) is 48.4 Å². The van der Waals surface area contributed by atoms with Gasteiger partial charge in [-0.2, -0.15) is 9.78 Å². The second-order valence-electron chi connectivity index (χ2n) is 7.81. The molecule has 0 spiro atoms. The third kappa shape index (κ3) is 4.51. The molecule has 35 heavy (non-hydrogen) atoms. The van der Waals surface area contributed by atoms with E-state index in [1.54, 1.807) is 19.5 Å². The van der Waals surface area contributed by atoms with E-state index in [-0.39, 0.29) is 17.3 Å². The van der Waals surface area contributed by atoms with Gasteiger partial charge >= 0.3 is 0 Å². The molecule has 3 aromatic heterocycles. The number of rotatable bonds is 7. The van der Waals surface area contributed by atoms with Crippen LogP contribution in [0.15, 0.2) is 78.0 Å². The van der Waals surface area contributed by atoms with Crippen LogP contribution in [-0.2, 0) is 6.42 Å². The first-order chi connectivity index (χ1) is 17.1. The van der Waals surface area contributed by atoms with Crippen LogP contribution in [-0.4, -0.2) is 45.4 Å². The fourth-order valence-corrected chi connectivity index (χ4v) is 3.76. The third-order valence-electron chi connectivity index (χ3n) is 5.55. The molecule has 0 atom stereocenters. The normalized spacial score (nSPS) is 11.3. The molecule has 5 rings (SSSR count). The van der Waals surface area contributed by atoms with E-state index in [0.717, 1.165) is 11.3 Å². The molecule has 0 radical (unpaired) electrons. The minimum Gasteiger partial charge on any atom is -0.497 e. The monoisotopic (exact) mass is 465 g/mol. The van der Waals surface area contributed by atoms with Gasteiger partial charge in [-0.3, -0.25) is 9.78 Å². The number of nitrogens with two attached hydrogens (primary N) is 1. The molecule has 1 amide bonds. The maximum absolute atomic E-state index is 13.2. The number of fused-ring (bicyclic) bond motifs is 2. The summed E-state index contributed by atoms with van der Waals surface area (Å²) in [5, 5.41) is 7.42. The third-order valence-corrected chi connectivity index (χ3v) is 5.55. The number of ether oxygens (including phenoxy) is 1. The molecule has 0 aliphatic heterocycles. The van der Waals surface area contributed by atoms with Crippen LogP contribution in [0.4, 0.5) is 5.82 Å². The Morgan fingerprint density at radius 3 is 2.51 bits per heavy atom.